The van der Waals surface area contributed by atoms with Crippen LogP contribution in [0.5, 0.6) is 0 Å². The number of halogens is 3. The van der Waals surface area contributed by atoms with E-state index in [-0.39, 0.29) is 23.5 Å². The van der Waals surface area contributed by atoms with E-state index in [0.29, 0.717) is 5.56 Å². The molecule has 2 rings (SSSR count). The van der Waals surface area contributed by atoms with Gasteiger partial charge in [0, 0.05) is 22.6 Å². The summed E-state index contributed by atoms with van der Waals surface area (Å²) in [6.07, 6.45) is -0.383. The molecular weight excluding hydrogens is 315 g/mol. The van der Waals surface area contributed by atoms with Crippen molar-refractivity contribution >= 4 is 16.7 Å². The minimum atomic E-state index is -4.42. The van der Waals surface area contributed by atoms with E-state index in [1.807, 2.05) is 0 Å². The molecule has 0 heterocycles. The first kappa shape index (κ1) is 17.0. The summed E-state index contributed by atoms with van der Waals surface area (Å²) in [5, 5.41) is 2.82. The van der Waals surface area contributed by atoms with Crippen LogP contribution in [0.3, 0.4) is 0 Å². The van der Waals surface area contributed by atoms with Gasteiger partial charge in [0.05, 0.1) is 5.56 Å². The highest BCUT2D eigenvalue weighted by Crippen LogP contribution is 2.29. The molecule has 0 aromatic heterocycles. The lowest BCUT2D eigenvalue weighted by molar-refractivity contribution is -0.137. The van der Waals surface area contributed by atoms with Crippen molar-refractivity contribution in [3.63, 3.8) is 0 Å². The zero-order chi connectivity index (χ0) is 16.2. The predicted molar refractivity (Wildman–Crippen MR) is 78.6 cm³/mol. The third kappa shape index (κ3) is 5.12. The molecule has 1 amide bonds. The normalized spacial score (nSPS) is 17.4. The molecule has 1 aliphatic carbocycles. The van der Waals surface area contributed by atoms with Crippen molar-refractivity contribution in [1.29, 1.82) is 0 Å². The molecule has 0 aliphatic heterocycles. The minimum Gasteiger partial charge on any atom is -0.353 e. The van der Waals surface area contributed by atoms with Crippen molar-refractivity contribution in [2.45, 2.75) is 43.7 Å². The van der Waals surface area contributed by atoms with Crippen LogP contribution >= 0.6 is 0 Å². The Morgan fingerprint density at radius 1 is 1.27 bits per heavy atom. The van der Waals surface area contributed by atoms with E-state index in [2.05, 4.69) is 5.32 Å². The van der Waals surface area contributed by atoms with Crippen LogP contribution in [0.2, 0.25) is 0 Å². The number of carbonyl (C=O) groups is 1. The fraction of sp³-hybridized carbons (Fsp3) is 0.533. The minimum absolute atomic E-state index is 0.0536. The van der Waals surface area contributed by atoms with Crippen molar-refractivity contribution < 1.29 is 22.2 Å². The van der Waals surface area contributed by atoms with Gasteiger partial charge in [-0.15, -0.1) is 0 Å². The molecule has 0 saturated heterocycles. The standard InChI is InChI=1S/C15H18F3NO2S/c16-15(17,18)12-5-3-4-11(8-12)9-22(21)10-14(20)19-13-6-1-2-7-13/h3-5,8,13H,1-2,6-7,9-10H2,(H,19,20). The predicted octanol–water partition coefficient (Wildman–Crippen LogP) is 3.01. The maximum absolute atomic E-state index is 12.6. The van der Waals surface area contributed by atoms with Crippen molar-refractivity contribution in [2.24, 2.45) is 0 Å². The molecule has 122 valence electrons. The van der Waals surface area contributed by atoms with Crippen LogP contribution in [0.15, 0.2) is 24.3 Å². The molecule has 0 bridgehead atoms. The van der Waals surface area contributed by atoms with Crippen molar-refractivity contribution in [2.75, 3.05) is 5.75 Å². The van der Waals surface area contributed by atoms with Crippen LogP contribution in [0.25, 0.3) is 0 Å². The Balaban J connectivity index is 1.87. The van der Waals surface area contributed by atoms with E-state index in [1.165, 1.54) is 12.1 Å². The Morgan fingerprint density at radius 3 is 2.59 bits per heavy atom. The second-order valence-corrected chi connectivity index (χ2v) is 6.93. The lowest BCUT2D eigenvalue weighted by Gasteiger charge is -2.12. The number of amides is 1. The van der Waals surface area contributed by atoms with Crippen LogP contribution in [0.1, 0.15) is 36.8 Å². The van der Waals surface area contributed by atoms with Crippen LogP contribution in [0.4, 0.5) is 13.2 Å². The summed E-state index contributed by atoms with van der Waals surface area (Å²) >= 11 is 0. The maximum atomic E-state index is 12.6. The number of carbonyl (C=O) groups excluding carboxylic acids is 1. The molecule has 1 aliphatic rings. The van der Waals surface area contributed by atoms with Gasteiger partial charge in [0.25, 0.3) is 0 Å². The zero-order valence-corrected chi connectivity index (χ0v) is 12.8. The zero-order valence-electron chi connectivity index (χ0n) is 12.0. The topological polar surface area (TPSA) is 46.2 Å². The second kappa shape index (κ2) is 7.26. The largest absolute Gasteiger partial charge is 0.416 e. The average Bonchev–Trinajstić information content (AvgIpc) is 2.90. The van der Waals surface area contributed by atoms with Gasteiger partial charge >= 0.3 is 6.18 Å². The summed E-state index contributed by atoms with van der Waals surface area (Å²) < 4.78 is 49.7. The van der Waals surface area contributed by atoms with E-state index in [9.17, 15) is 22.2 Å². The average molecular weight is 333 g/mol. The summed E-state index contributed by atoms with van der Waals surface area (Å²) in [7, 11) is -1.52. The highest BCUT2D eigenvalue weighted by Gasteiger charge is 2.30. The third-order valence-electron chi connectivity index (χ3n) is 3.59. The first-order valence-electron chi connectivity index (χ1n) is 7.15. The second-order valence-electron chi connectivity index (χ2n) is 5.48. The summed E-state index contributed by atoms with van der Waals surface area (Å²) in [5.41, 5.74) is -0.445. The molecule has 1 unspecified atom stereocenters. The number of nitrogens with one attached hydrogen (secondary N) is 1. The fourth-order valence-corrected chi connectivity index (χ4v) is 3.59. The lowest BCUT2D eigenvalue weighted by Crippen LogP contribution is -2.35. The van der Waals surface area contributed by atoms with Crippen molar-refractivity contribution in [1.82, 2.24) is 5.32 Å². The van der Waals surface area contributed by atoms with E-state index in [4.69, 9.17) is 0 Å². The van der Waals surface area contributed by atoms with Crippen LogP contribution in [-0.2, 0) is 27.5 Å². The van der Waals surface area contributed by atoms with Crippen molar-refractivity contribution in [3.8, 4) is 0 Å². The molecular formula is C15H18F3NO2S. The quantitative estimate of drug-likeness (QED) is 0.900. The van der Waals surface area contributed by atoms with Gasteiger partial charge in [-0.1, -0.05) is 31.0 Å². The molecule has 3 nitrogen and oxygen atoms in total. The highest BCUT2D eigenvalue weighted by molar-refractivity contribution is 7.84. The van der Waals surface area contributed by atoms with Gasteiger partial charge in [-0.25, -0.2) is 0 Å². The molecule has 1 N–H and O–H groups in total. The van der Waals surface area contributed by atoms with Crippen LogP contribution < -0.4 is 5.32 Å². The summed E-state index contributed by atoms with van der Waals surface area (Å²) in [5.74, 6) is -0.522. The molecule has 0 radical (unpaired) electrons. The van der Waals surface area contributed by atoms with Gasteiger partial charge in [0.1, 0.15) is 5.75 Å². The van der Waals surface area contributed by atoms with Gasteiger partial charge in [-0.3, -0.25) is 9.00 Å². The number of hydrogen-bond acceptors (Lipinski definition) is 2. The molecule has 1 aromatic carbocycles. The van der Waals surface area contributed by atoms with E-state index in [0.717, 1.165) is 37.8 Å². The summed E-state index contributed by atoms with van der Waals surface area (Å²) in [6, 6.07) is 4.88. The first-order valence-corrected chi connectivity index (χ1v) is 8.64. The van der Waals surface area contributed by atoms with Crippen LogP contribution in [0, 0.1) is 0 Å². The van der Waals surface area contributed by atoms with Gasteiger partial charge < -0.3 is 5.32 Å². The Labute approximate surface area is 129 Å². The van der Waals surface area contributed by atoms with Crippen molar-refractivity contribution in [3.05, 3.63) is 35.4 Å². The molecule has 22 heavy (non-hydrogen) atoms. The molecule has 1 saturated carbocycles. The summed E-state index contributed by atoms with van der Waals surface area (Å²) in [6.45, 7) is 0. The summed E-state index contributed by atoms with van der Waals surface area (Å²) in [4.78, 5) is 11.7. The Kier molecular flexibility index (Phi) is 5.61. The van der Waals surface area contributed by atoms with E-state index >= 15 is 0 Å². The molecule has 0 spiro atoms. The molecule has 1 atom stereocenters. The van der Waals surface area contributed by atoms with Gasteiger partial charge in [-0.05, 0) is 24.5 Å². The Bertz CT molecular complexity index is 554. The number of benzene rings is 1. The van der Waals surface area contributed by atoms with Gasteiger partial charge in [-0.2, -0.15) is 13.2 Å². The molecule has 1 aromatic rings. The smallest absolute Gasteiger partial charge is 0.353 e. The fourth-order valence-electron chi connectivity index (χ4n) is 2.56. The number of alkyl halides is 3. The lowest BCUT2D eigenvalue weighted by atomic mass is 10.1. The number of rotatable bonds is 5. The first-order chi connectivity index (χ1) is 10.3. The van der Waals surface area contributed by atoms with E-state index < -0.39 is 22.5 Å². The molecule has 1 fully saturated rings. The highest BCUT2D eigenvalue weighted by atomic mass is 32.2. The Morgan fingerprint density at radius 2 is 1.95 bits per heavy atom. The number of hydrogen-bond donors (Lipinski definition) is 1. The third-order valence-corrected chi connectivity index (χ3v) is 4.83. The Hall–Kier alpha value is -1.37. The van der Waals surface area contributed by atoms with Gasteiger partial charge in [0.15, 0.2) is 0 Å². The van der Waals surface area contributed by atoms with E-state index in [1.54, 1.807) is 0 Å². The van der Waals surface area contributed by atoms with Gasteiger partial charge in [0.2, 0.25) is 5.91 Å². The SMILES string of the molecule is O=C(CS(=O)Cc1cccc(C(F)(F)F)c1)NC1CCCC1. The monoisotopic (exact) mass is 333 g/mol. The maximum Gasteiger partial charge on any atom is 0.416 e. The molecule has 7 heteroatoms. The van der Waals surface area contributed by atoms with Crippen LogP contribution in [-0.4, -0.2) is 21.9 Å².